The minimum Gasteiger partial charge on any atom is -0.368 e. The summed E-state index contributed by atoms with van der Waals surface area (Å²) in [5, 5.41) is 3.12. The zero-order valence-electron chi connectivity index (χ0n) is 14.5. The Morgan fingerprint density at radius 2 is 1.75 bits per heavy atom. The quantitative estimate of drug-likeness (QED) is 0.706. The van der Waals surface area contributed by atoms with Gasteiger partial charge in [0.2, 0.25) is 5.91 Å². The van der Waals surface area contributed by atoms with Crippen LogP contribution in [0.1, 0.15) is 21.5 Å². The van der Waals surface area contributed by atoms with Crippen molar-refractivity contribution in [2.45, 2.75) is 18.6 Å². The van der Waals surface area contributed by atoms with Crippen molar-refractivity contribution < 1.29 is 22.8 Å². The standard InChI is InChI=1S/C20H16F3N3O2/c21-20(22,23)15-7-3-1-5-12(15)10-17(18(24)27)26-19(28)14-9-13-6-2-4-8-16(13)25-11-14/h1-9,11,17H,10H2,(H2,24,27)(H,26,28)/t17-/m0/s1. The van der Waals surface area contributed by atoms with Crippen LogP contribution in [-0.4, -0.2) is 22.8 Å². The Labute approximate surface area is 158 Å². The summed E-state index contributed by atoms with van der Waals surface area (Å²) in [5.74, 6) is -1.58. The first kappa shape index (κ1) is 19.3. The summed E-state index contributed by atoms with van der Waals surface area (Å²) in [5.41, 5.74) is 5.17. The van der Waals surface area contributed by atoms with E-state index >= 15 is 0 Å². The average Bonchev–Trinajstić information content (AvgIpc) is 2.66. The molecule has 0 saturated carbocycles. The molecule has 0 radical (unpaired) electrons. The maximum absolute atomic E-state index is 13.2. The molecule has 1 atom stereocenters. The number of pyridine rings is 1. The van der Waals surface area contributed by atoms with Crippen LogP contribution in [0, 0.1) is 0 Å². The predicted molar refractivity (Wildman–Crippen MR) is 97.3 cm³/mol. The molecular formula is C20H16F3N3O2. The molecule has 3 aromatic rings. The molecule has 2 aromatic carbocycles. The van der Waals surface area contributed by atoms with Gasteiger partial charge < -0.3 is 11.1 Å². The smallest absolute Gasteiger partial charge is 0.368 e. The Bertz CT molecular complexity index is 1030. The van der Waals surface area contributed by atoms with E-state index in [2.05, 4.69) is 10.3 Å². The van der Waals surface area contributed by atoms with Gasteiger partial charge in [0.05, 0.1) is 16.6 Å². The lowest BCUT2D eigenvalue weighted by Gasteiger charge is -2.18. The topological polar surface area (TPSA) is 85.1 Å². The van der Waals surface area contributed by atoms with E-state index < -0.39 is 29.6 Å². The highest BCUT2D eigenvalue weighted by Gasteiger charge is 2.34. The van der Waals surface area contributed by atoms with Crippen molar-refractivity contribution in [3.05, 3.63) is 77.5 Å². The molecule has 1 aromatic heterocycles. The van der Waals surface area contributed by atoms with Gasteiger partial charge >= 0.3 is 6.18 Å². The Hall–Kier alpha value is -3.42. The number of rotatable bonds is 5. The molecule has 0 spiro atoms. The van der Waals surface area contributed by atoms with Crippen molar-refractivity contribution in [2.24, 2.45) is 5.73 Å². The number of benzene rings is 2. The van der Waals surface area contributed by atoms with Crippen LogP contribution in [0.5, 0.6) is 0 Å². The summed E-state index contributed by atoms with van der Waals surface area (Å²) in [7, 11) is 0. The van der Waals surface area contributed by atoms with Gasteiger partial charge in [0.1, 0.15) is 6.04 Å². The number of nitrogens with zero attached hydrogens (tertiary/aromatic N) is 1. The second-order valence-electron chi connectivity index (χ2n) is 6.20. The SMILES string of the molecule is NC(=O)[C@H](Cc1ccccc1C(F)(F)F)NC(=O)c1cnc2ccccc2c1. The lowest BCUT2D eigenvalue weighted by atomic mass is 9.99. The predicted octanol–water partition coefficient (Wildman–Crippen LogP) is 3.08. The summed E-state index contributed by atoms with van der Waals surface area (Å²) in [6.07, 6.45) is -3.62. The molecule has 0 unspecified atom stereocenters. The van der Waals surface area contributed by atoms with Gasteiger partial charge in [-0.1, -0.05) is 36.4 Å². The van der Waals surface area contributed by atoms with Crippen LogP contribution in [0.25, 0.3) is 10.9 Å². The van der Waals surface area contributed by atoms with Crippen molar-refractivity contribution in [1.29, 1.82) is 0 Å². The van der Waals surface area contributed by atoms with Crippen LogP contribution in [-0.2, 0) is 17.4 Å². The van der Waals surface area contributed by atoms with Gasteiger partial charge in [0.15, 0.2) is 0 Å². The molecule has 5 nitrogen and oxygen atoms in total. The number of nitrogens with one attached hydrogen (secondary N) is 1. The number of carbonyl (C=O) groups excluding carboxylic acids is 2. The molecule has 144 valence electrons. The van der Waals surface area contributed by atoms with Crippen LogP contribution in [0.4, 0.5) is 13.2 Å². The Morgan fingerprint density at radius 1 is 1.07 bits per heavy atom. The van der Waals surface area contributed by atoms with Crippen molar-refractivity contribution in [2.75, 3.05) is 0 Å². The van der Waals surface area contributed by atoms with E-state index in [-0.39, 0.29) is 17.5 Å². The number of carbonyl (C=O) groups is 2. The highest BCUT2D eigenvalue weighted by molar-refractivity contribution is 5.99. The van der Waals surface area contributed by atoms with Crippen molar-refractivity contribution >= 4 is 22.7 Å². The monoisotopic (exact) mass is 387 g/mol. The molecule has 0 aliphatic heterocycles. The van der Waals surface area contributed by atoms with Crippen LogP contribution >= 0.6 is 0 Å². The second kappa shape index (κ2) is 7.67. The molecule has 3 rings (SSSR count). The number of para-hydroxylation sites is 1. The first-order valence-electron chi connectivity index (χ1n) is 8.36. The van der Waals surface area contributed by atoms with Gasteiger partial charge in [0, 0.05) is 18.0 Å². The molecule has 0 aliphatic rings. The van der Waals surface area contributed by atoms with E-state index in [9.17, 15) is 22.8 Å². The van der Waals surface area contributed by atoms with Gasteiger partial charge in [-0.2, -0.15) is 13.2 Å². The van der Waals surface area contributed by atoms with Crippen molar-refractivity contribution in [3.8, 4) is 0 Å². The van der Waals surface area contributed by atoms with Crippen molar-refractivity contribution in [3.63, 3.8) is 0 Å². The van der Waals surface area contributed by atoms with E-state index in [4.69, 9.17) is 5.73 Å². The van der Waals surface area contributed by atoms with E-state index in [1.54, 1.807) is 30.3 Å². The molecule has 8 heteroatoms. The number of primary amides is 1. The number of hydrogen-bond acceptors (Lipinski definition) is 3. The summed E-state index contributed by atoms with van der Waals surface area (Å²) in [4.78, 5) is 28.4. The lowest BCUT2D eigenvalue weighted by Crippen LogP contribution is -2.46. The normalized spacial score (nSPS) is 12.5. The van der Waals surface area contributed by atoms with Crippen LogP contribution < -0.4 is 11.1 Å². The molecule has 0 bridgehead atoms. The Morgan fingerprint density at radius 3 is 2.46 bits per heavy atom. The third kappa shape index (κ3) is 4.28. The third-order valence-electron chi connectivity index (χ3n) is 4.25. The molecule has 0 saturated heterocycles. The summed E-state index contributed by atoms with van der Waals surface area (Å²) < 4.78 is 39.5. The number of amides is 2. The Kier molecular flexibility index (Phi) is 5.30. The second-order valence-corrected chi connectivity index (χ2v) is 6.20. The summed E-state index contributed by atoms with van der Waals surface area (Å²) >= 11 is 0. The molecule has 2 amide bonds. The van der Waals surface area contributed by atoms with E-state index in [1.165, 1.54) is 24.4 Å². The molecule has 0 aliphatic carbocycles. The largest absolute Gasteiger partial charge is 0.416 e. The van der Waals surface area contributed by atoms with Crippen molar-refractivity contribution in [1.82, 2.24) is 10.3 Å². The Balaban J connectivity index is 1.83. The van der Waals surface area contributed by atoms with Crippen LogP contribution in [0.2, 0.25) is 0 Å². The van der Waals surface area contributed by atoms with Gasteiger partial charge in [-0.3, -0.25) is 14.6 Å². The van der Waals surface area contributed by atoms with Gasteiger partial charge in [-0.15, -0.1) is 0 Å². The van der Waals surface area contributed by atoms with Gasteiger partial charge in [-0.05, 0) is 23.8 Å². The zero-order valence-corrected chi connectivity index (χ0v) is 14.5. The number of nitrogens with two attached hydrogens (primary N) is 1. The third-order valence-corrected chi connectivity index (χ3v) is 4.25. The number of alkyl halides is 3. The van der Waals surface area contributed by atoms with Gasteiger partial charge in [0.25, 0.3) is 5.91 Å². The highest BCUT2D eigenvalue weighted by Crippen LogP contribution is 2.32. The number of aromatic nitrogens is 1. The van der Waals surface area contributed by atoms with E-state index in [1.807, 2.05) is 0 Å². The van der Waals surface area contributed by atoms with Crippen LogP contribution in [0.3, 0.4) is 0 Å². The molecule has 1 heterocycles. The molecule has 0 fully saturated rings. The summed E-state index contributed by atoms with van der Waals surface area (Å²) in [6, 6.07) is 12.3. The fraction of sp³-hybridized carbons (Fsp3) is 0.150. The summed E-state index contributed by atoms with van der Waals surface area (Å²) in [6.45, 7) is 0. The molecular weight excluding hydrogens is 371 g/mol. The number of halogens is 3. The highest BCUT2D eigenvalue weighted by atomic mass is 19.4. The fourth-order valence-electron chi connectivity index (χ4n) is 2.85. The van der Waals surface area contributed by atoms with Gasteiger partial charge in [-0.25, -0.2) is 0 Å². The maximum atomic E-state index is 13.2. The number of hydrogen-bond donors (Lipinski definition) is 2. The zero-order chi connectivity index (χ0) is 20.3. The molecule has 28 heavy (non-hydrogen) atoms. The molecule has 3 N–H and O–H groups in total. The van der Waals surface area contributed by atoms with E-state index in [0.29, 0.717) is 10.9 Å². The first-order chi connectivity index (χ1) is 13.3. The minimum absolute atomic E-state index is 0.129. The van der Waals surface area contributed by atoms with E-state index in [0.717, 1.165) is 6.07 Å². The number of fused-ring (bicyclic) bond motifs is 1. The van der Waals surface area contributed by atoms with Crippen LogP contribution in [0.15, 0.2) is 60.8 Å². The fourth-order valence-corrected chi connectivity index (χ4v) is 2.85. The minimum atomic E-state index is -4.58. The average molecular weight is 387 g/mol. The first-order valence-corrected chi connectivity index (χ1v) is 8.36. The maximum Gasteiger partial charge on any atom is 0.416 e. The lowest BCUT2D eigenvalue weighted by molar-refractivity contribution is -0.138.